The van der Waals surface area contributed by atoms with Gasteiger partial charge in [0.1, 0.15) is 18.0 Å². The first-order valence-corrected chi connectivity index (χ1v) is 7.55. The van der Waals surface area contributed by atoms with E-state index in [1.165, 1.54) is 0 Å². The predicted molar refractivity (Wildman–Crippen MR) is 80.7 cm³/mol. The first-order valence-electron chi connectivity index (χ1n) is 7.55. The number of hydrogen-bond donors (Lipinski definition) is 1. The van der Waals surface area contributed by atoms with Crippen molar-refractivity contribution in [1.29, 1.82) is 0 Å². The second kappa shape index (κ2) is 7.05. The molecule has 0 saturated heterocycles. The van der Waals surface area contributed by atoms with Crippen LogP contribution in [0.1, 0.15) is 43.0 Å². The Morgan fingerprint density at radius 2 is 1.95 bits per heavy atom. The Balaban J connectivity index is 2.15. The van der Waals surface area contributed by atoms with Gasteiger partial charge in [0.05, 0.1) is 12.2 Å². The number of carbonyl (C=O) groups is 1. The van der Waals surface area contributed by atoms with Gasteiger partial charge in [-0.25, -0.2) is 0 Å². The van der Waals surface area contributed by atoms with Crippen molar-refractivity contribution < 1.29 is 19.4 Å². The number of hydrogen-bond acceptors (Lipinski definition) is 4. The Hall–Kier alpha value is -1.39. The summed E-state index contributed by atoms with van der Waals surface area (Å²) in [5.41, 5.74) is -0.779. The first-order chi connectivity index (χ1) is 10.1. The van der Waals surface area contributed by atoms with E-state index in [0.29, 0.717) is 43.3 Å². The lowest BCUT2D eigenvalue weighted by Gasteiger charge is -2.33. The van der Waals surface area contributed by atoms with E-state index in [1.54, 1.807) is 25.3 Å². The minimum Gasteiger partial charge on any atom is -0.490 e. The molecule has 1 aromatic carbocycles. The second-order valence-corrected chi connectivity index (χ2v) is 5.88. The molecular weight excluding hydrogens is 268 g/mol. The summed E-state index contributed by atoms with van der Waals surface area (Å²) >= 11 is 0. The number of benzene rings is 1. The van der Waals surface area contributed by atoms with Gasteiger partial charge in [-0.05, 0) is 43.7 Å². The van der Waals surface area contributed by atoms with Crippen molar-refractivity contribution >= 4 is 5.78 Å². The Kier molecular flexibility index (Phi) is 5.37. The highest BCUT2D eigenvalue weighted by molar-refractivity contribution is 6.04. The van der Waals surface area contributed by atoms with Crippen LogP contribution in [0.2, 0.25) is 0 Å². The molecule has 1 aliphatic rings. The van der Waals surface area contributed by atoms with E-state index in [-0.39, 0.29) is 5.78 Å². The summed E-state index contributed by atoms with van der Waals surface area (Å²) in [6.07, 6.45) is 2.82. The van der Waals surface area contributed by atoms with Crippen LogP contribution in [0.3, 0.4) is 0 Å². The van der Waals surface area contributed by atoms with Gasteiger partial charge in [-0.1, -0.05) is 19.1 Å². The Labute approximate surface area is 126 Å². The van der Waals surface area contributed by atoms with Crippen molar-refractivity contribution in [1.82, 2.24) is 0 Å². The lowest BCUT2D eigenvalue weighted by Crippen LogP contribution is -2.42. The van der Waals surface area contributed by atoms with Gasteiger partial charge in [-0.3, -0.25) is 4.79 Å². The van der Waals surface area contributed by atoms with Crippen molar-refractivity contribution in [3.05, 3.63) is 29.8 Å². The number of rotatable bonds is 6. The van der Waals surface area contributed by atoms with Gasteiger partial charge in [-0.15, -0.1) is 0 Å². The molecule has 0 aromatic heterocycles. The van der Waals surface area contributed by atoms with E-state index < -0.39 is 5.60 Å². The highest BCUT2D eigenvalue weighted by atomic mass is 16.5. The van der Waals surface area contributed by atoms with Crippen molar-refractivity contribution in [3.63, 3.8) is 0 Å². The molecule has 1 saturated carbocycles. The monoisotopic (exact) mass is 292 g/mol. The van der Waals surface area contributed by atoms with E-state index in [4.69, 9.17) is 9.47 Å². The molecule has 4 nitrogen and oxygen atoms in total. The summed E-state index contributed by atoms with van der Waals surface area (Å²) in [4.78, 5) is 12.7. The number of Topliss-reactive ketones (excluding diaryl/α,β-unsaturated/α-hetero) is 1. The molecule has 0 heterocycles. The molecule has 21 heavy (non-hydrogen) atoms. The SMILES string of the molecule is COCCOc1ccccc1C(=O)C1(O)CCC(C)CC1. The summed E-state index contributed by atoms with van der Waals surface area (Å²) in [5, 5.41) is 10.7. The van der Waals surface area contributed by atoms with E-state index in [9.17, 15) is 9.90 Å². The van der Waals surface area contributed by atoms with Crippen LogP contribution in [-0.4, -0.2) is 36.8 Å². The molecule has 0 unspecified atom stereocenters. The Morgan fingerprint density at radius 3 is 2.62 bits per heavy atom. The molecule has 1 aliphatic carbocycles. The number of methoxy groups -OCH3 is 1. The molecule has 1 fully saturated rings. The summed E-state index contributed by atoms with van der Waals surface area (Å²) in [7, 11) is 1.60. The van der Waals surface area contributed by atoms with Crippen LogP contribution in [0.4, 0.5) is 0 Å². The van der Waals surface area contributed by atoms with Gasteiger partial charge in [0, 0.05) is 7.11 Å². The minimum atomic E-state index is -1.24. The van der Waals surface area contributed by atoms with Crippen LogP contribution in [0, 0.1) is 5.92 Å². The Bertz CT molecular complexity index is 475. The average Bonchev–Trinajstić information content (AvgIpc) is 2.50. The lowest BCUT2D eigenvalue weighted by molar-refractivity contribution is 0.00394. The third kappa shape index (κ3) is 3.83. The molecule has 0 atom stereocenters. The molecule has 0 spiro atoms. The summed E-state index contributed by atoms with van der Waals surface area (Å²) in [5.74, 6) is 0.875. The molecule has 0 amide bonds. The van der Waals surface area contributed by atoms with Crippen LogP contribution in [-0.2, 0) is 4.74 Å². The van der Waals surface area contributed by atoms with Crippen LogP contribution < -0.4 is 4.74 Å². The molecule has 116 valence electrons. The number of aliphatic hydroxyl groups is 1. The van der Waals surface area contributed by atoms with Crippen molar-refractivity contribution in [2.24, 2.45) is 5.92 Å². The minimum absolute atomic E-state index is 0.220. The van der Waals surface area contributed by atoms with Gasteiger partial charge in [-0.2, -0.15) is 0 Å². The molecular formula is C17H24O4. The highest BCUT2D eigenvalue weighted by Gasteiger charge is 2.40. The molecule has 0 aliphatic heterocycles. The van der Waals surface area contributed by atoms with Gasteiger partial charge in [0.2, 0.25) is 0 Å². The third-order valence-electron chi connectivity index (χ3n) is 4.20. The lowest BCUT2D eigenvalue weighted by atomic mass is 9.75. The molecule has 1 aromatic rings. The van der Waals surface area contributed by atoms with Gasteiger partial charge >= 0.3 is 0 Å². The standard InChI is InChI=1S/C17H24O4/c1-13-7-9-17(19,10-8-13)16(18)14-5-3-4-6-15(14)21-12-11-20-2/h3-6,13,19H,7-12H2,1-2H3. The number of para-hydroxylation sites is 1. The quantitative estimate of drug-likeness (QED) is 0.647. The number of ether oxygens (including phenoxy) is 2. The van der Waals surface area contributed by atoms with Crippen LogP contribution in [0.15, 0.2) is 24.3 Å². The highest BCUT2D eigenvalue weighted by Crippen LogP contribution is 2.36. The normalized spacial score (nSPS) is 25.6. The molecule has 0 radical (unpaired) electrons. The zero-order chi connectivity index (χ0) is 15.3. The van der Waals surface area contributed by atoms with Gasteiger partial charge < -0.3 is 14.6 Å². The molecule has 1 N–H and O–H groups in total. The fourth-order valence-corrected chi connectivity index (χ4v) is 2.73. The third-order valence-corrected chi connectivity index (χ3v) is 4.20. The maximum absolute atomic E-state index is 12.7. The fourth-order valence-electron chi connectivity index (χ4n) is 2.73. The topological polar surface area (TPSA) is 55.8 Å². The van der Waals surface area contributed by atoms with Crippen LogP contribution in [0.5, 0.6) is 5.75 Å². The largest absolute Gasteiger partial charge is 0.490 e. The number of carbonyl (C=O) groups excluding carboxylic acids is 1. The van der Waals surface area contributed by atoms with Crippen molar-refractivity contribution in [2.45, 2.75) is 38.2 Å². The number of ketones is 1. The maximum Gasteiger partial charge on any atom is 0.198 e. The summed E-state index contributed by atoms with van der Waals surface area (Å²) < 4.78 is 10.6. The van der Waals surface area contributed by atoms with E-state index >= 15 is 0 Å². The van der Waals surface area contributed by atoms with Crippen molar-refractivity contribution in [2.75, 3.05) is 20.3 Å². The summed E-state index contributed by atoms with van der Waals surface area (Å²) in [6.45, 7) is 3.01. The summed E-state index contributed by atoms with van der Waals surface area (Å²) in [6, 6.07) is 7.11. The zero-order valence-corrected chi connectivity index (χ0v) is 12.8. The van der Waals surface area contributed by atoms with Crippen LogP contribution >= 0.6 is 0 Å². The van der Waals surface area contributed by atoms with E-state index in [1.807, 2.05) is 6.07 Å². The maximum atomic E-state index is 12.7. The molecule has 0 bridgehead atoms. The first kappa shape index (κ1) is 16.0. The predicted octanol–water partition coefficient (Wildman–Crippen LogP) is 2.84. The fraction of sp³-hybridized carbons (Fsp3) is 0.588. The smallest absolute Gasteiger partial charge is 0.198 e. The zero-order valence-electron chi connectivity index (χ0n) is 12.8. The van der Waals surface area contributed by atoms with Crippen molar-refractivity contribution in [3.8, 4) is 5.75 Å². The average molecular weight is 292 g/mol. The van der Waals surface area contributed by atoms with E-state index in [0.717, 1.165) is 12.8 Å². The van der Waals surface area contributed by atoms with Gasteiger partial charge in [0.25, 0.3) is 0 Å². The van der Waals surface area contributed by atoms with Gasteiger partial charge in [0.15, 0.2) is 5.78 Å². The Morgan fingerprint density at radius 1 is 1.29 bits per heavy atom. The van der Waals surface area contributed by atoms with Crippen LogP contribution in [0.25, 0.3) is 0 Å². The molecule has 4 heteroatoms. The second-order valence-electron chi connectivity index (χ2n) is 5.88. The van der Waals surface area contributed by atoms with E-state index in [2.05, 4.69) is 6.92 Å². The molecule has 2 rings (SSSR count).